The molecule has 0 aromatic heterocycles. The Hall–Kier alpha value is -1.00. The van der Waals surface area contributed by atoms with E-state index in [2.05, 4.69) is 5.32 Å². The van der Waals surface area contributed by atoms with Crippen LogP contribution in [0.2, 0.25) is 0 Å². The van der Waals surface area contributed by atoms with Crippen LogP contribution < -0.4 is 5.32 Å². The highest BCUT2D eigenvalue weighted by atomic mass is 19.1. The Labute approximate surface area is 86.9 Å². The number of hydrogen-bond donors (Lipinski definition) is 2. The molecule has 0 saturated heterocycles. The molecule has 1 atom stereocenters. The Morgan fingerprint density at radius 2 is 2.07 bits per heavy atom. The van der Waals surface area contributed by atoms with E-state index >= 15 is 0 Å². The maximum Gasteiger partial charge on any atom is 0.128 e. The molecule has 1 aromatic carbocycles. The number of aliphatic hydroxyl groups excluding tert-OH is 1. The van der Waals surface area contributed by atoms with Crippen LogP contribution in [-0.4, -0.2) is 18.3 Å². The molecular weight excluding hydrogens is 200 g/mol. The van der Waals surface area contributed by atoms with Gasteiger partial charge in [-0.1, -0.05) is 0 Å². The predicted octanol–water partition coefficient (Wildman–Crippen LogP) is 1.53. The number of halogens is 2. The van der Waals surface area contributed by atoms with Gasteiger partial charge in [-0.25, -0.2) is 8.78 Å². The van der Waals surface area contributed by atoms with E-state index in [9.17, 15) is 8.78 Å². The van der Waals surface area contributed by atoms with Gasteiger partial charge in [0.1, 0.15) is 11.6 Å². The third kappa shape index (κ3) is 1.87. The normalized spacial score (nSPS) is 19.3. The lowest BCUT2D eigenvalue weighted by atomic mass is 10.1. The third-order valence-electron chi connectivity index (χ3n) is 2.78. The molecule has 1 unspecified atom stereocenters. The molecule has 2 nitrogen and oxygen atoms in total. The second-order valence-electron chi connectivity index (χ2n) is 3.69. The van der Waals surface area contributed by atoms with Crippen molar-refractivity contribution in [2.75, 3.05) is 13.2 Å². The van der Waals surface area contributed by atoms with Gasteiger partial charge in [0.2, 0.25) is 0 Å². The van der Waals surface area contributed by atoms with E-state index in [1.54, 1.807) is 0 Å². The first-order chi connectivity index (χ1) is 7.24. The molecule has 0 bridgehead atoms. The Morgan fingerprint density at radius 1 is 1.33 bits per heavy atom. The van der Waals surface area contributed by atoms with Crippen molar-refractivity contribution < 1.29 is 13.9 Å². The van der Waals surface area contributed by atoms with E-state index in [1.807, 2.05) is 0 Å². The molecule has 1 aromatic rings. The van der Waals surface area contributed by atoms with E-state index in [0.717, 1.165) is 6.07 Å². The number of nitrogens with one attached hydrogen (secondary N) is 1. The molecule has 0 amide bonds. The van der Waals surface area contributed by atoms with Crippen molar-refractivity contribution in [2.24, 2.45) is 0 Å². The van der Waals surface area contributed by atoms with Crippen molar-refractivity contribution in [3.8, 4) is 0 Å². The van der Waals surface area contributed by atoms with Crippen molar-refractivity contribution in [1.82, 2.24) is 5.32 Å². The van der Waals surface area contributed by atoms with Gasteiger partial charge in [-0.2, -0.15) is 0 Å². The summed E-state index contributed by atoms with van der Waals surface area (Å²) in [7, 11) is 0. The molecule has 0 aliphatic heterocycles. The summed E-state index contributed by atoms with van der Waals surface area (Å²) in [4.78, 5) is 0. The molecule has 15 heavy (non-hydrogen) atoms. The Morgan fingerprint density at radius 3 is 2.80 bits per heavy atom. The van der Waals surface area contributed by atoms with Crippen LogP contribution in [0.25, 0.3) is 0 Å². The van der Waals surface area contributed by atoms with E-state index in [-0.39, 0.29) is 24.3 Å². The fourth-order valence-corrected chi connectivity index (χ4v) is 2.12. The Kier molecular flexibility index (Phi) is 2.98. The van der Waals surface area contributed by atoms with E-state index in [1.165, 1.54) is 6.07 Å². The second kappa shape index (κ2) is 4.24. The summed E-state index contributed by atoms with van der Waals surface area (Å²) in [6.07, 6.45) is 1.25. The lowest BCUT2D eigenvalue weighted by Gasteiger charge is -2.13. The van der Waals surface area contributed by atoms with Gasteiger partial charge in [-0.3, -0.25) is 0 Å². The summed E-state index contributed by atoms with van der Waals surface area (Å²) in [6, 6.07) is 2.17. The zero-order valence-corrected chi connectivity index (χ0v) is 8.26. The lowest BCUT2D eigenvalue weighted by molar-refractivity contribution is 0.283. The van der Waals surface area contributed by atoms with Crippen molar-refractivity contribution in [3.63, 3.8) is 0 Å². The number of rotatable bonds is 3. The van der Waals surface area contributed by atoms with Crippen LogP contribution in [0.1, 0.15) is 23.6 Å². The molecule has 0 fully saturated rings. The van der Waals surface area contributed by atoms with Gasteiger partial charge in [-0.05, 0) is 30.5 Å². The van der Waals surface area contributed by atoms with Gasteiger partial charge >= 0.3 is 0 Å². The first-order valence-corrected chi connectivity index (χ1v) is 5.05. The van der Waals surface area contributed by atoms with Crippen molar-refractivity contribution >= 4 is 0 Å². The first-order valence-electron chi connectivity index (χ1n) is 5.05. The van der Waals surface area contributed by atoms with E-state index in [4.69, 9.17) is 5.11 Å². The zero-order chi connectivity index (χ0) is 10.8. The monoisotopic (exact) mass is 213 g/mol. The van der Waals surface area contributed by atoms with Crippen LogP contribution in [-0.2, 0) is 6.42 Å². The highest BCUT2D eigenvalue weighted by Crippen LogP contribution is 2.34. The molecule has 1 aliphatic rings. The molecule has 0 heterocycles. The standard InChI is InChI=1S/C11H13F2NO/c12-8-2-3-9(13)11-7(8)1-4-10(11)14-5-6-15/h2-3,10,14-15H,1,4-6H2. The minimum atomic E-state index is -0.362. The van der Waals surface area contributed by atoms with Crippen LogP contribution in [0.5, 0.6) is 0 Å². The van der Waals surface area contributed by atoms with Gasteiger partial charge in [0.05, 0.1) is 6.61 Å². The maximum absolute atomic E-state index is 13.5. The topological polar surface area (TPSA) is 32.3 Å². The number of aliphatic hydroxyl groups is 1. The van der Waals surface area contributed by atoms with Crippen molar-refractivity contribution in [1.29, 1.82) is 0 Å². The fraction of sp³-hybridized carbons (Fsp3) is 0.455. The molecule has 2 rings (SSSR count). The summed E-state index contributed by atoms with van der Waals surface area (Å²) in [5.41, 5.74) is 0.911. The molecule has 4 heteroatoms. The largest absolute Gasteiger partial charge is 0.395 e. The summed E-state index contributed by atoms with van der Waals surface area (Å²) >= 11 is 0. The fourth-order valence-electron chi connectivity index (χ4n) is 2.12. The van der Waals surface area contributed by atoms with Crippen molar-refractivity contribution in [2.45, 2.75) is 18.9 Å². The first kappa shape index (κ1) is 10.5. The highest BCUT2D eigenvalue weighted by molar-refractivity contribution is 5.36. The van der Waals surface area contributed by atoms with Crippen molar-refractivity contribution in [3.05, 3.63) is 34.9 Å². The van der Waals surface area contributed by atoms with Gasteiger partial charge in [0, 0.05) is 18.2 Å². The van der Waals surface area contributed by atoms with Gasteiger partial charge in [0.15, 0.2) is 0 Å². The maximum atomic E-state index is 13.5. The van der Waals surface area contributed by atoms with Gasteiger partial charge < -0.3 is 10.4 Å². The number of benzene rings is 1. The second-order valence-corrected chi connectivity index (χ2v) is 3.69. The Balaban J connectivity index is 2.28. The molecule has 0 spiro atoms. The van der Waals surface area contributed by atoms with Crippen LogP contribution in [0, 0.1) is 11.6 Å². The molecule has 82 valence electrons. The molecule has 0 radical (unpaired) electrons. The van der Waals surface area contributed by atoms with Crippen LogP contribution in [0.15, 0.2) is 12.1 Å². The van der Waals surface area contributed by atoms with Crippen LogP contribution >= 0.6 is 0 Å². The summed E-state index contributed by atoms with van der Waals surface area (Å²) < 4.78 is 26.8. The summed E-state index contributed by atoms with van der Waals surface area (Å²) in [6.45, 7) is 0.406. The minimum Gasteiger partial charge on any atom is -0.395 e. The lowest BCUT2D eigenvalue weighted by Crippen LogP contribution is -2.23. The average Bonchev–Trinajstić information content (AvgIpc) is 2.65. The van der Waals surface area contributed by atoms with E-state index < -0.39 is 0 Å². The quantitative estimate of drug-likeness (QED) is 0.798. The van der Waals surface area contributed by atoms with Gasteiger partial charge in [-0.15, -0.1) is 0 Å². The minimum absolute atomic E-state index is 0.00275. The molecule has 0 saturated carbocycles. The Bertz CT molecular complexity index is 368. The molecule has 2 N–H and O–H groups in total. The molecule has 1 aliphatic carbocycles. The molecular formula is C11H13F2NO. The number of hydrogen-bond acceptors (Lipinski definition) is 2. The van der Waals surface area contributed by atoms with E-state index in [0.29, 0.717) is 30.5 Å². The predicted molar refractivity (Wildman–Crippen MR) is 52.5 cm³/mol. The third-order valence-corrected chi connectivity index (χ3v) is 2.78. The number of fused-ring (bicyclic) bond motifs is 1. The van der Waals surface area contributed by atoms with Gasteiger partial charge in [0.25, 0.3) is 0 Å². The SMILES string of the molecule is OCCNC1CCc2c(F)ccc(F)c21. The highest BCUT2D eigenvalue weighted by Gasteiger charge is 2.27. The summed E-state index contributed by atoms with van der Waals surface area (Å²) in [5, 5.41) is 11.7. The zero-order valence-electron chi connectivity index (χ0n) is 8.26. The average molecular weight is 213 g/mol. The van der Waals surface area contributed by atoms with Crippen LogP contribution in [0.4, 0.5) is 8.78 Å². The smallest absolute Gasteiger partial charge is 0.128 e. The summed E-state index contributed by atoms with van der Waals surface area (Å²) in [5.74, 6) is -0.695. The van der Waals surface area contributed by atoms with Crippen LogP contribution in [0.3, 0.4) is 0 Å².